The third-order valence-electron chi connectivity index (χ3n) is 10.0. The quantitative estimate of drug-likeness (QED) is 0.347. The molecule has 4 rings (SSSR count). The molecule has 1 aromatic carbocycles. The molecule has 3 atom stereocenters. The van der Waals surface area contributed by atoms with Crippen LogP contribution < -0.4 is 10.6 Å². The van der Waals surface area contributed by atoms with Gasteiger partial charge in [-0.2, -0.15) is 0 Å². The summed E-state index contributed by atoms with van der Waals surface area (Å²) >= 11 is 6.11. The van der Waals surface area contributed by atoms with E-state index in [1.54, 1.807) is 0 Å². The summed E-state index contributed by atoms with van der Waals surface area (Å²) < 4.78 is 12.5. The highest BCUT2D eigenvalue weighted by atomic mass is 35.5. The third kappa shape index (κ3) is 7.91. The molecule has 2 aliphatic heterocycles. The van der Waals surface area contributed by atoms with Gasteiger partial charge in [0.25, 0.3) is 0 Å². The fourth-order valence-electron chi connectivity index (χ4n) is 7.11. The van der Waals surface area contributed by atoms with Gasteiger partial charge in [-0.1, -0.05) is 30.2 Å². The molecule has 9 heteroatoms. The van der Waals surface area contributed by atoms with E-state index in [1.807, 2.05) is 32.9 Å². The van der Waals surface area contributed by atoms with Crippen molar-refractivity contribution in [3.05, 3.63) is 34.9 Å². The molecule has 0 aromatic heterocycles. The topological polar surface area (TPSA) is 79.9 Å². The molecule has 3 fully saturated rings. The molecule has 234 valence electrons. The number of nitrogens with one attached hydrogen (secondary N) is 2. The Morgan fingerprint density at radius 1 is 1.00 bits per heavy atom. The summed E-state index contributed by atoms with van der Waals surface area (Å²) in [7, 11) is -0.256. The van der Waals surface area contributed by atoms with Crippen molar-refractivity contribution < 1.29 is 18.9 Å². The molecule has 3 unspecified atom stereocenters. The second kappa shape index (κ2) is 12.8. The van der Waals surface area contributed by atoms with Gasteiger partial charge in [0.15, 0.2) is 0 Å². The molecule has 0 radical (unpaired) electrons. The van der Waals surface area contributed by atoms with Crippen molar-refractivity contribution in [2.75, 3.05) is 19.6 Å². The number of carbonyl (C=O) groups excluding carboxylic acids is 2. The number of hydrogen-bond acceptors (Lipinski definition) is 5. The Morgan fingerprint density at radius 3 is 2.14 bits per heavy atom. The Kier molecular flexibility index (Phi) is 10.1. The number of amides is 2. The lowest BCUT2D eigenvalue weighted by Crippen LogP contribution is -2.68. The van der Waals surface area contributed by atoms with Crippen LogP contribution in [0.2, 0.25) is 11.3 Å². The minimum atomic E-state index is -0.953. The highest BCUT2D eigenvalue weighted by Crippen LogP contribution is 2.43. The zero-order chi connectivity index (χ0) is 30.9. The van der Waals surface area contributed by atoms with Crippen molar-refractivity contribution in [2.45, 2.75) is 128 Å². The molecular weight excluding hydrogens is 549 g/mol. The van der Waals surface area contributed by atoms with E-state index >= 15 is 0 Å². The lowest BCUT2D eigenvalue weighted by atomic mass is 9.64. The molecule has 1 aromatic rings. The van der Waals surface area contributed by atoms with E-state index < -0.39 is 11.1 Å². The minimum absolute atomic E-state index is 0.0314. The van der Waals surface area contributed by atoms with Gasteiger partial charge in [0.05, 0.1) is 11.2 Å². The first kappa shape index (κ1) is 33.3. The lowest BCUT2D eigenvalue weighted by Gasteiger charge is -2.49. The largest absolute Gasteiger partial charge is 0.457 e. The summed E-state index contributed by atoms with van der Waals surface area (Å²) in [6.45, 7) is 18.6. The third-order valence-corrected chi connectivity index (χ3v) is 10.3. The summed E-state index contributed by atoms with van der Waals surface area (Å²) in [5, 5.41) is 7.24. The summed E-state index contributed by atoms with van der Waals surface area (Å²) in [6.07, 6.45) is 6.36. The monoisotopic (exact) mass is 601 g/mol. The van der Waals surface area contributed by atoms with E-state index in [9.17, 15) is 9.59 Å². The van der Waals surface area contributed by atoms with E-state index in [0.29, 0.717) is 12.3 Å². The fourth-order valence-corrected chi connectivity index (χ4v) is 7.23. The van der Waals surface area contributed by atoms with Gasteiger partial charge in [-0.3, -0.25) is 9.59 Å². The summed E-state index contributed by atoms with van der Waals surface area (Å²) in [4.78, 5) is 29.4. The predicted molar refractivity (Wildman–Crippen MR) is 171 cm³/mol. The predicted octanol–water partition coefficient (Wildman–Crippen LogP) is 6.21. The van der Waals surface area contributed by atoms with Gasteiger partial charge < -0.3 is 24.8 Å². The van der Waals surface area contributed by atoms with Crippen molar-refractivity contribution in [3.8, 4) is 0 Å². The number of halogens is 1. The summed E-state index contributed by atoms with van der Waals surface area (Å²) in [5.74, 6) is 0.620. The molecule has 1 aliphatic carbocycles. The maximum absolute atomic E-state index is 14.2. The van der Waals surface area contributed by atoms with Gasteiger partial charge in [-0.05, 0) is 130 Å². The molecular formula is C33H53BClN3O4. The molecule has 0 spiro atoms. The summed E-state index contributed by atoms with van der Waals surface area (Å²) in [5.41, 5.74) is -0.727. The van der Waals surface area contributed by atoms with E-state index in [-0.39, 0.29) is 42.0 Å². The molecule has 2 heterocycles. The number of hydrogen-bond donors (Lipinski definition) is 2. The van der Waals surface area contributed by atoms with Crippen molar-refractivity contribution in [3.63, 3.8) is 0 Å². The van der Waals surface area contributed by atoms with Gasteiger partial charge in [0.1, 0.15) is 5.54 Å². The second-order valence-corrected chi connectivity index (χ2v) is 15.5. The zero-order valence-corrected chi connectivity index (χ0v) is 27.9. The van der Waals surface area contributed by atoms with Crippen LogP contribution in [0.15, 0.2) is 24.3 Å². The second-order valence-electron chi connectivity index (χ2n) is 15.1. The van der Waals surface area contributed by atoms with E-state index in [0.717, 1.165) is 63.1 Å². The van der Waals surface area contributed by atoms with Crippen molar-refractivity contribution in [1.82, 2.24) is 15.5 Å². The molecule has 7 nitrogen and oxygen atoms in total. The average Bonchev–Trinajstić information content (AvgIpc) is 3.09. The van der Waals surface area contributed by atoms with Crippen LogP contribution >= 0.6 is 11.6 Å². The first-order chi connectivity index (χ1) is 19.5. The van der Waals surface area contributed by atoms with Crippen molar-refractivity contribution in [1.29, 1.82) is 0 Å². The highest BCUT2D eigenvalue weighted by molar-refractivity contribution is 6.45. The Balaban J connectivity index is 1.47. The lowest BCUT2D eigenvalue weighted by molar-refractivity contribution is -0.140. The Hall–Kier alpha value is -1.61. The molecule has 3 aliphatic rings. The number of rotatable bonds is 8. The SMILES string of the molecule is CC(=O)NC1(C(=O)NC(C)(C)C)CC(CCB2OC(C)(C)C(C)(C)O2)CCC1CN1CCC(c2ccc(Cl)cc2)CC1. The number of benzene rings is 1. The standard InChI is InChI=1S/C33H53BClN3O4/c1-23(39)36-33(29(40)37-30(2,3)4)21-24(15-18-34-41-31(5,6)32(7,8)42-34)9-12-27(33)22-38-19-16-26(17-20-38)25-10-13-28(35)14-11-25/h10-11,13-14,24,26-27H,9,12,15-22H2,1-8H3,(H,36,39)(H,37,40). The molecule has 2 N–H and O–H groups in total. The summed E-state index contributed by atoms with van der Waals surface area (Å²) in [6, 6.07) is 8.24. The van der Waals surface area contributed by atoms with Crippen LogP contribution in [0.1, 0.15) is 105 Å². The minimum Gasteiger partial charge on any atom is -0.403 e. The van der Waals surface area contributed by atoms with E-state index in [2.05, 4.69) is 55.4 Å². The van der Waals surface area contributed by atoms with Crippen LogP contribution in [0.5, 0.6) is 0 Å². The van der Waals surface area contributed by atoms with E-state index in [4.69, 9.17) is 20.9 Å². The smallest absolute Gasteiger partial charge is 0.403 e. The number of carbonyl (C=O) groups is 2. The van der Waals surface area contributed by atoms with Crippen LogP contribution in [0.4, 0.5) is 0 Å². The van der Waals surface area contributed by atoms with Crippen molar-refractivity contribution in [2.24, 2.45) is 11.8 Å². The first-order valence-electron chi connectivity index (χ1n) is 15.9. The van der Waals surface area contributed by atoms with Gasteiger partial charge in [-0.25, -0.2) is 0 Å². The Labute approximate surface area is 259 Å². The maximum Gasteiger partial charge on any atom is 0.457 e. The molecule has 1 saturated carbocycles. The van der Waals surface area contributed by atoms with Crippen LogP contribution in [0, 0.1) is 11.8 Å². The average molecular weight is 602 g/mol. The van der Waals surface area contributed by atoms with Crippen LogP contribution in [-0.2, 0) is 18.9 Å². The van der Waals surface area contributed by atoms with Gasteiger partial charge in [0.2, 0.25) is 11.8 Å². The first-order valence-corrected chi connectivity index (χ1v) is 16.3. The van der Waals surface area contributed by atoms with Crippen LogP contribution in [0.3, 0.4) is 0 Å². The Morgan fingerprint density at radius 2 is 1.60 bits per heavy atom. The number of nitrogens with zero attached hydrogens (tertiary/aromatic N) is 1. The maximum atomic E-state index is 14.2. The highest BCUT2D eigenvalue weighted by Gasteiger charge is 2.53. The molecule has 2 amide bonds. The van der Waals surface area contributed by atoms with Crippen LogP contribution in [0.25, 0.3) is 0 Å². The number of likely N-dealkylation sites (tertiary alicyclic amines) is 1. The van der Waals surface area contributed by atoms with Crippen molar-refractivity contribution >= 4 is 30.5 Å². The van der Waals surface area contributed by atoms with Gasteiger partial charge in [0, 0.05) is 29.9 Å². The number of piperidine rings is 1. The normalized spacial score (nSPS) is 28.5. The molecule has 0 bridgehead atoms. The van der Waals surface area contributed by atoms with E-state index in [1.165, 1.54) is 12.5 Å². The van der Waals surface area contributed by atoms with Gasteiger partial charge in [-0.15, -0.1) is 0 Å². The van der Waals surface area contributed by atoms with Crippen LogP contribution in [-0.4, -0.2) is 65.7 Å². The Bertz CT molecular complexity index is 1080. The molecule has 2 saturated heterocycles. The zero-order valence-electron chi connectivity index (χ0n) is 27.1. The fraction of sp³-hybridized carbons (Fsp3) is 0.758. The van der Waals surface area contributed by atoms with Gasteiger partial charge >= 0.3 is 7.12 Å². The molecule has 42 heavy (non-hydrogen) atoms.